The lowest BCUT2D eigenvalue weighted by atomic mass is 10.1. The number of ether oxygens (including phenoxy) is 4. The first-order chi connectivity index (χ1) is 10.2. The Balaban J connectivity index is 2.39. The van der Waals surface area contributed by atoms with Crippen molar-refractivity contribution in [2.45, 2.75) is 13.3 Å². The van der Waals surface area contributed by atoms with Gasteiger partial charge in [-0.2, -0.15) is 0 Å². The van der Waals surface area contributed by atoms with Crippen LogP contribution >= 0.6 is 0 Å². The molecule has 116 valence electrons. The van der Waals surface area contributed by atoms with Crippen LogP contribution in [0.25, 0.3) is 0 Å². The summed E-state index contributed by atoms with van der Waals surface area (Å²) >= 11 is 0. The van der Waals surface area contributed by atoms with Gasteiger partial charge in [0.2, 0.25) is 0 Å². The van der Waals surface area contributed by atoms with Gasteiger partial charge in [0, 0.05) is 12.7 Å². The molecule has 0 aromatic heterocycles. The molecule has 6 nitrogen and oxygen atoms in total. The quantitative estimate of drug-likeness (QED) is 0.216. The van der Waals surface area contributed by atoms with Gasteiger partial charge in [0.1, 0.15) is 12.2 Å². The van der Waals surface area contributed by atoms with Crippen LogP contribution in [-0.2, 0) is 19.0 Å². The van der Waals surface area contributed by atoms with Crippen LogP contribution in [0.4, 0.5) is 0 Å². The third-order valence-electron chi connectivity index (χ3n) is 2.53. The van der Waals surface area contributed by atoms with E-state index in [1.807, 2.05) is 0 Å². The predicted octanol–water partition coefficient (Wildman–Crippen LogP) is 1.82. The molecule has 1 aromatic carbocycles. The lowest BCUT2D eigenvalue weighted by Gasteiger charge is -2.07. The fourth-order valence-corrected chi connectivity index (χ4v) is 1.49. The van der Waals surface area contributed by atoms with Crippen molar-refractivity contribution in [2.24, 2.45) is 0 Å². The number of esters is 1. The number of hydrogen-bond donors (Lipinski definition) is 0. The molecule has 0 heterocycles. The van der Waals surface area contributed by atoms with Gasteiger partial charge in [0.25, 0.3) is 0 Å². The number of benzene rings is 1. The van der Waals surface area contributed by atoms with Gasteiger partial charge in [-0.25, -0.2) is 0 Å². The molecule has 0 aliphatic carbocycles. The van der Waals surface area contributed by atoms with Crippen molar-refractivity contribution in [2.75, 3.05) is 33.7 Å². The molecule has 0 atom stereocenters. The molecule has 0 bridgehead atoms. The van der Waals surface area contributed by atoms with Gasteiger partial charge in [-0.05, 0) is 31.2 Å². The predicted molar refractivity (Wildman–Crippen MR) is 75.3 cm³/mol. The highest BCUT2D eigenvalue weighted by Gasteiger charge is 2.12. The molecule has 0 N–H and O–H groups in total. The summed E-state index contributed by atoms with van der Waals surface area (Å²) in [5, 5.41) is 0. The van der Waals surface area contributed by atoms with E-state index in [2.05, 4.69) is 0 Å². The van der Waals surface area contributed by atoms with Gasteiger partial charge in [0.15, 0.2) is 12.6 Å². The highest BCUT2D eigenvalue weighted by molar-refractivity contribution is 6.05. The fourth-order valence-electron chi connectivity index (χ4n) is 1.49. The molecule has 1 aromatic rings. The third-order valence-corrected chi connectivity index (χ3v) is 2.53. The first-order valence-corrected chi connectivity index (χ1v) is 6.65. The maximum Gasteiger partial charge on any atom is 0.313 e. The Hall–Kier alpha value is -1.92. The van der Waals surface area contributed by atoms with Crippen LogP contribution in [0.3, 0.4) is 0 Å². The van der Waals surface area contributed by atoms with Gasteiger partial charge in [-0.3, -0.25) is 9.59 Å². The zero-order valence-electron chi connectivity index (χ0n) is 12.3. The zero-order chi connectivity index (χ0) is 15.5. The van der Waals surface area contributed by atoms with E-state index in [0.29, 0.717) is 24.5 Å². The van der Waals surface area contributed by atoms with Crippen LogP contribution in [0.1, 0.15) is 23.7 Å². The number of methoxy groups -OCH3 is 1. The van der Waals surface area contributed by atoms with Crippen LogP contribution in [0, 0.1) is 0 Å². The van der Waals surface area contributed by atoms with Gasteiger partial charge in [-0.15, -0.1) is 0 Å². The minimum Gasteiger partial charge on any atom is -0.468 e. The van der Waals surface area contributed by atoms with E-state index in [4.69, 9.17) is 18.9 Å². The maximum absolute atomic E-state index is 11.8. The van der Waals surface area contributed by atoms with Crippen molar-refractivity contribution in [3.05, 3.63) is 29.8 Å². The number of hydrogen-bond acceptors (Lipinski definition) is 6. The van der Waals surface area contributed by atoms with Crippen LogP contribution in [-0.4, -0.2) is 45.5 Å². The smallest absolute Gasteiger partial charge is 0.313 e. The van der Waals surface area contributed by atoms with Crippen molar-refractivity contribution in [3.63, 3.8) is 0 Å². The second-order valence-electron chi connectivity index (χ2n) is 4.09. The summed E-state index contributed by atoms with van der Waals surface area (Å²) in [6.07, 6.45) is -0.256. The third kappa shape index (κ3) is 6.87. The van der Waals surface area contributed by atoms with E-state index in [1.165, 1.54) is 0 Å². The van der Waals surface area contributed by atoms with E-state index >= 15 is 0 Å². The monoisotopic (exact) mass is 296 g/mol. The molecule has 0 spiro atoms. The Morgan fingerprint density at radius 1 is 1.10 bits per heavy atom. The number of ketones is 1. The summed E-state index contributed by atoms with van der Waals surface area (Å²) in [5.74, 6) is -0.217. The van der Waals surface area contributed by atoms with Crippen molar-refractivity contribution in [1.29, 1.82) is 0 Å². The number of carbonyl (C=O) groups is 2. The minimum atomic E-state index is -0.519. The van der Waals surface area contributed by atoms with E-state index in [9.17, 15) is 9.59 Å². The summed E-state index contributed by atoms with van der Waals surface area (Å²) in [6.45, 7) is 3.03. The van der Waals surface area contributed by atoms with Crippen LogP contribution < -0.4 is 4.74 Å². The van der Waals surface area contributed by atoms with Crippen molar-refractivity contribution in [3.8, 4) is 5.75 Å². The van der Waals surface area contributed by atoms with E-state index in [1.54, 1.807) is 38.3 Å². The van der Waals surface area contributed by atoms with E-state index in [-0.39, 0.29) is 25.6 Å². The average Bonchev–Trinajstić information content (AvgIpc) is 2.48. The Labute approximate surface area is 123 Å². The fraction of sp³-hybridized carbons (Fsp3) is 0.467. The Bertz CT molecular complexity index is 440. The first kappa shape index (κ1) is 17.1. The summed E-state index contributed by atoms with van der Waals surface area (Å²) in [4.78, 5) is 23.0. The Kier molecular flexibility index (Phi) is 8.08. The second-order valence-corrected chi connectivity index (χ2v) is 4.09. The number of rotatable bonds is 10. The van der Waals surface area contributed by atoms with Gasteiger partial charge < -0.3 is 18.9 Å². The molecule has 0 aliphatic rings. The summed E-state index contributed by atoms with van der Waals surface area (Å²) in [5.41, 5.74) is 0.440. The molecule has 0 radical (unpaired) electrons. The highest BCUT2D eigenvalue weighted by Crippen LogP contribution is 2.13. The zero-order valence-corrected chi connectivity index (χ0v) is 12.3. The van der Waals surface area contributed by atoms with Crippen LogP contribution in [0.5, 0.6) is 5.75 Å². The molecular weight excluding hydrogens is 276 g/mol. The molecular formula is C15H20O6. The highest BCUT2D eigenvalue weighted by atomic mass is 16.7. The first-order valence-electron chi connectivity index (χ1n) is 6.65. The normalized spacial score (nSPS) is 10.2. The molecule has 6 heteroatoms. The summed E-state index contributed by atoms with van der Waals surface area (Å²) in [7, 11) is 1.59. The number of Topliss-reactive ketones (excluding diaryl/α,β-unsaturated/α-hetero) is 1. The molecule has 0 fully saturated rings. The average molecular weight is 296 g/mol. The molecule has 21 heavy (non-hydrogen) atoms. The Morgan fingerprint density at radius 2 is 1.81 bits per heavy atom. The SMILES string of the molecule is CCOC(=O)CC(=O)c1ccc(OCOCCOC)cc1. The summed E-state index contributed by atoms with van der Waals surface area (Å²) in [6, 6.07) is 6.51. The lowest BCUT2D eigenvalue weighted by Crippen LogP contribution is -2.11. The van der Waals surface area contributed by atoms with Crippen molar-refractivity contribution >= 4 is 11.8 Å². The maximum atomic E-state index is 11.8. The molecule has 0 unspecified atom stereocenters. The van der Waals surface area contributed by atoms with Crippen LogP contribution in [0.2, 0.25) is 0 Å². The van der Waals surface area contributed by atoms with E-state index in [0.717, 1.165) is 0 Å². The lowest BCUT2D eigenvalue weighted by molar-refractivity contribution is -0.141. The molecule has 0 aliphatic heterocycles. The van der Waals surface area contributed by atoms with Crippen LogP contribution in [0.15, 0.2) is 24.3 Å². The molecule has 0 amide bonds. The van der Waals surface area contributed by atoms with E-state index < -0.39 is 5.97 Å². The van der Waals surface area contributed by atoms with Crippen molar-refractivity contribution < 1.29 is 28.5 Å². The molecule has 0 saturated heterocycles. The van der Waals surface area contributed by atoms with Crippen molar-refractivity contribution in [1.82, 2.24) is 0 Å². The van der Waals surface area contributed by atoms with Gasteiger partial charge >= 0.3 is 5.97 Å². The van der Waals surface area contributed by atoms with Gasteiger partial charge in [0.05, 0.1) is 19.8 Å². The topological polar surface area (TPSA) is 71.1 Å². The molecule has 1 rings (SSSR count). The largest absolute Gasteiger partial charge is 0.468 e. The summed E-state index contributed by atoms with van der Waals surface area (Å²) < 4.78 is 20.0. The molecule has 0 saturated carbocycles. The minimum absolute atomic E-state index is 0.111. The van der Waals surface area contributed by atoms with Gasteiger partial charge in [-0.1, -0.05) is 0 Å². The Morgan fingerprint density at radius 3 is 2.43 bits per heavy atom. The second kappa shape index (κ2) is 9.90. The number of carbonyl (C=O) groups excluding carboxylic acids is 2. The standard InChI is InChI=1S/C15H20O6/c1-3-20-15(17)10-14(16)12-4-6-13(7-5-12)21-11-19-9-8-18-2/h4-7H,3,8-11H2,1-2H3.